The van der Waals surface area contributed by atoms with Gasteiger partial charge < -0.3 is 5.11 Å². The lowest BCUT2D eigenvalue weighted by Crippen LogP contribution is -1.97. The lowest BCUT2D eigenvalue weighted by atomic mass is 10.2. The van der Waals surface area contributed by atoms with Gasteiger partial charge in [0.25, 0.3) is 0 Å². The van der Waals surface area contributed by atoms with E-state index in [1.165, 1.54) is 12.3 Å². The molecule has 0 aromatic carbocycles. The van der Waals surface area contributed by atoms with Crippen LogP contribution in [0.5, 0.6) is 0 Å². The van der Waals surface area contributed by atoms with Crippen molar-refractivity contribution >= 4 is 5.97 Å². The molecule has 4 heteroatoms. The van der Waals surface area contributed by atoms with Crippen molar-refractivity contribution in [1.82, 2.24) is 9.97 Å². The molecule has 2 aromatic heterocycles. The summed E-state index contributed by atoms with van der Waals surface area (Å²) in [5.74, 6) is -0.976. The van der Waals surface area contributed by atoms with Gasteiger partial charge >= 0.3 is 5.97 Å². The maximum absolute atomic E-state index is 10.6. The number of carboxylic acid groups (broad SMARTS) is 1. The second-order valence-corrected chi connectivity index (χ2v) is 3.46. The summed E-state index contributed by atoms with van der Waals surface area (Å²) in [6, 6.07) is 6.98. The lowest BCUT2D eigenvalue weighted by Gasteiger charge is -2.01. The maximum Gasteiger partial charge on any atom is 0.337 e. The molecule has 0 unspecified atom stereocenters. The van der Waals surface area contributed by atoms with Crippen molar-refractivity contribution in [3.8, 4) is 11.4 Å². The van der Waals surface area contributed by atoms with Crippen molar-refractivity contribution in [1.29, 1.82) is 0 Å². The predicted molar refractivity (Wildman–Crippen MR) is 59.2 cm³/mol. The molecular weight excluding hydrogens is 204 g/mol. The number of aryl methyl sites for hydroxylation is 1. The first-order chi connectivity index (χ1) is 7.66. The molecule has 0 radical (unpaired) electrons. The summed E-state index contributed by atoms with van der Waals surface area (Å²) in [5.41, 5.74) is 2.69. The van der Waals surface area contributed by atoms with E-state index in [0.717, 1.165) is 11.3 Å². The van der Waals surface area contributed by atoms with E-state index in [9.17, 15) is 4.79 Å². The Morgan fingerprint density at radius 3 is 2.56 bits per heavy atom. The molecule has 0 fully saturated rings. The van der Waals surface area contributed by atoms with E-state index in [2.05, 4.69) is 9.97 Å². The summed E-state index contributed by atoms with van der Waals surface area (Å²) < 4.78 is 0. The van der Waals surface area contributed by atoms with E-state index < -0.39 is 5.97 Å². The molecule has 2 rings (SSSR count). The van der Waals surface area contributed by atoms with Crippen LogP contribution in [-0.2, 0) is 0 Å². The Balaban J connectivity index is 2.38. The van der Waals surface area contributed by atoms with E-state index in [4.69, 9.17) is 5.11 Å². The second kappa shape index (κ2) is 4.10. The van der Waals surface area contributed by atoms with Gasteiger partial charge in [0.2, 0.25) is 0 Å². The zero-order valence-corrected chi connectivity index (χ0v) is 8.71. The SMILES string of the molecule is Cc1ccnc(-c2ccc(C(=O)O)cn2)c1. The Labute approximate surface area is 92.6 Å². The number of carboxylic acids is 1. The smallest absolute Gasteiger partial charge is 0.337 e. The van der Waals surface area contributed by atoms with Gasteiger partial charge in [0.15, 0.2) is 0 Å². The number of nitrogens with zero attached hydrogens (tertiary/aromatic N) is 2. The molecule has 0 atom stereocenters. The van der Waals surface area contributed by atoms with E-state index in [0.29, 0.717) is 5.69 Å². The quantitative estimate of drug-likeness (QED) is 0.831. The monoisotopic (exact) mass is 214 g/mol. The first kappa shape index (κ1) is 10.3. The van der Waals surface area contributed by atoms with Crippen molar-refractivity contribution in [3.05, 3.63) is 47.8 Å². The van der Waals surface area contributed by atoms with Gasteiger partial charge in [0.05, 0.1) is 17.0 Å². The Hall–Kier alpha value is -2.23. The largest absolute Gasteiger partial charge is 0.478 e. The van der Waals surface area contributed by atoms with Gasteiger partial charge in [-0.2, -0.15) is 0 Å². The van der Waals surface area contributed by atoms with E-state index >= 15 is 0 Å². The van der Waals surface area contributed by atoms with Gasteiger partial charge in [-0.1, -0.05) is 0 Å². The molecule has 0 aliphatic carbocycles. The van der Waals surface area contributed by atoms with Gasteiger partial charge in [-0.05, 0) is 36.8 Å². The molecule has 2 heterocycles. The molecule has 16 heavy (non-hydrogen) atoms. The molecule has 80 valence electrons. The highest BCUT2D eigenvalue weighted by molar-refractivity contribution is 5.87. The third kappa shape index (κ3) is 2.06. The minimum Gasteiger partial charge on any atom is -0.478 e. The van der Waals surface area contributed by atoms with Crippen LogP contribution in [0.1, 0.15) is 15.9 Å². The molecule has 0 amide bonds. The first-order valence-corrected chi connectivity index (χ1v) is 4.79. The minimum absolute atomic E-state index is 0.177. The lowest BCUT2D eigenvalue weighted by molar-refractivity contribution is 0.0696. The first-order valence-electron chi connectivity index (χ1n) is 4.79. The topological polar surface area (TPSA) is 63.1 Å². The van der Waals surface area contributed by atoms with Crippen molar-refractivity contribution < 1.29 is 9.90 Å². The van der Waals surface area contributed by atoms with Gasteiger partial charge in [0.1, 0.15) is 0 Å². The molecule has 0 aliphatic heterocycles. The fourth-order valence-corrected chi connectivity index (χ4v) is 1.35. The average Bonchev–Trinajstić information content (AvgIpc) is 2.29. The van der Waals surface area contributed by atoms with Crippen LogP contribution in [0.2, 0.25) is 0 Å². The summed E-state index contributed by atoms with van der Waals surface area (Å²) in [7, 11) is 0. The highest BCUT2D eigenvalue weighted by atomic mass is 16.4. The molecule has 0 aliphatic rings. The van der Waals surface area contributed by atoms with E-state index in [1.54, 1.807) is 12.3 Å². The molecular formula is C12H10N2O2. The predicted octanol–water partition coefficient (Wildman–Crippen LogP) is 2.15. The summed E-state index contributed by atoms with van der Waals surface area (Å²) >= 11 is 0. The van der Waals surface area contributed by atoms with Crippen molar-refractivity contribution in [3.63, 3.8) is 0 Å². The Bertz CT molecular complexity index is 521. The maximum atomic E-state index is 10.6. The second-order valence-electron chi connectivity index (χ2n) is 3.46. The molecule has 1 N–H and O–H groups in total. The summed E-state index contributed by atoms with van der Waals surface area (Å²) in [5, 5.41) is 8.73. The zero-order chi connectivity index (χ0) is 11.5. The van der Waals surface area contributed by atoms with E-state index in [1.807, 2.05) is 19.1 Å². The fourth-order valence-electron chi connectivity index (χ4n) is 1.35. The van der Waals surface area contributed by atoms with Gasteiger partial charge in [-0.25, -0.2) is 4.79 Å². The highest BCUT2D eigenvalue weighted by Crippen LogP contribution is 2.15. The normalized spacial score (nSPS) is 10.1. The third-order valence-corrected chi connectivity index (χ3v) is 2.19. The Morgan fingerprint density at radius 2 is 2.00 bits per heavy atom. The van der Waals surface area contributed by atoms with Crippen LogP contribution in [-0.4, -0.2) is 21.0 Å². The summed E-state index contributed by atoms with van der Waals surface area (Å²) in [6.07, 6.45) is 3.04. The third-order valence-electron chi connectivity index (χ3n) is 2.19. The highest BCUT2D eigenvalue weighted by Gasteiger charge is 2.05. The number of aromatic nitrogens is 2. The minimum atomic E-state index is -0.976. The Morgan fingerprint density at radius 1 is 1.19 bits per heavy atom. The van der Waals surface area contributed by atoms with E-state index in [-0.39, 0.29) is 5.56 Å². The number of carbonyl (C=O) groups is 1. The standard InChI is InChI=1S/C12H10N2O2/c1-8-4-5-13-11(6-8)10-3-2-9(7-14-10)12(15)16/h2-7H,1H3,(H,15,16). The number of hydrogen-bond donors (Lipinski definition) is 1. The Kier molecular flexibility index (Phi) is 2.64. The molecule has 2 aromatic rings. The van der Waals surface area contributed by atoms with Crippen LogP contribution < -0.4 is 0 Å². The van der Waals surface area contributed by atoms with Crippen LogP contribution >= 0.6 is 0 Å². The van der Waals surface area contributed by atoms with Crippen LogP contribution in [0.15, 0.2) is 36.7 Å². The van der Waals surface area contributed by atoms with Gasteiger partial charge in [-0.15, -0.1) is 0 Å². The van der Waals surface area contributed by atoms with Crippen molar-refractivity contribution in [2.45, 2.75) is 6.92 Å². The van der Waals surface area contributed by atoms with Crippen LogP contribution in [0, 0.1) is 6.92 Å². The van der Waals surface area contributed by atoms with Gasteiger partial charge in [0, 0.05) is 12.4 Å². The molecule has 0 spiro atoms. The molecule has 0 saturated carbocycles. The molecule has 0 saturated heterocycles. The van der Waals surface area contributed by atoms with Crippen LogP contribution in [0.25, 0.3) is 11.4 Å². The fraction of sp³-hybridized carbons (Fsp3) is 0.0833. The summed E-state index contributed by atoms with van der Waals surface area (Å²) in [4.78, 5) is 18.9. The molecule has 0 bridgehead atoms. The van der Waals surface area contributed by atoms with Crippen molar-refractivity contribution in [2.24, 2.45) is 0 Å². The number of rotatable bonds is 2. The molecule has 4 nitrogen and oxygen atoms in total. The average molecular weight is 214 g/mol. The number of aromatic carboxylic acids is 1. The van der Waals surface area contributed by atoms with Crippen LogP contribution in [0.3, 0.4) is 0 Å². The zero-order valence-electron chi connectivity index (χ0n) is 8.71. The van der Waals surface area contributed by atoms with Crippen LogP contribution in [0.4, 0.5) is 0 Å². The van der Waals surface area contributed by atoms with Gasteiger partial charge in [-0.3, -0.25) is 9.97 Å². The number of hydrogen-bond acceptors (Lipinski definition) is 3. The number of pyridine rings is 2. The summed E-state index contributed by atoms with van der Waals surface area (Å²) in [6.45, 7) is 1.97. The van der Waals surface area contributed by atoms with Crippen molar-refractivity contribution in [2.75, 3.05) is 0 Å².